The van der Waals surface area contributed by atoms with E-state index in [1.54, 1.807) is 6.20 Å². The van der Waals surface area contributed by atoms with Gasteiger partial charge in [-0.3, -0.25) is 4.90 Å². The van der Waals surface area contributed by atoms with Crippen molar-refractivity contribution in [2.24, 2.45) is 0 Å². The summed E-state index contributed by atoms with van der Waals surface area (Å²) in [6.07, 6.45) is 1.75. The van der Waals surface area contributed by atoms with Crippen molar-refractivity contribution in [1.82, 2.24) is 24.7 Å². The molecule has 0 spiro atoms. The number of anilines is 1. The fourth-order valence-corrected chi connectivity index (χ4v) is 2.78. The van der Waals surface area contributed by atoms with Crippen LogP contribution in [0.2, 0.25) is 4.34 Å². The summed E-state index contributed by atoms with van der Waals surface area (Å²) in [6.45, 7) is 3.79. The first-order valence-corrected chi connectivity index (χ1v) is 7.78. The number of ether oxygens (including phenoxy) is 1. The first kappa shape index (κ1) is 14.6. The zero-order valence-electron chi connectivity index (χ0n) is 11.3. The summed E-state index contributed by atoms with van der Waals surface area (Å²) >= 11 is 7.26. The Morgan fingerprint density at radius 3 is 3.19 bits per heavy atom. The van der Waals surface area contributed by atoms with Gasteiger partial charge in [0.05, 0.1) is 12.7 Å². The summed E-state index contributed by atoms with van der Waals surface area (Å²) in [7, 11) is 0. The van der Waals surface area contributed by atoms with Gasteiger partial charge in [0, 0.05) is 43.9 Å². The molecule has 0 aliphatic carbocycles. The second-order valence-electron chi connectivity index (χ2n) is 4.71. The quantitative estimate of drug-likeness (QED) is 0.887. The molecule has 1 fully saturated rings. The number of rotatable bonds is 5. The molecule has 0 amide bonds. The number of halogens is 1. The first-order chi connectivity index (χ1) is 10.3. The second-order valence-corrected chi connectivity index (χ2v) is 6.07. The third kappa shape index (κ3) is 4.07. The number of hydrogen-bond donors (Lipinski definition) is 1. The molecule has 1 atom stereocenters. The fraction of sp³-hybridized carbons (Fsp3) is 0.500. The molecule has 0 aromatic carbocycles. The van der Waals surface area contributed by atoms with Gasteiger partial charge in [0.25, 0.3) is 0 Å². The van der Waals surface area contributed by atoms with Gasteiger partial charge in [-0.1, -0.05) is 16.1 Å². The van der Waals surface area contributed by atoms with E-state index in [0.29, 0.717) is 24.0 Å². The lowest BCUT2D eigenvalue weighted by molar-refractivity contribution is -0.0244. The largest absolute Gasteiger partial charge is 0.374 e. The van der Waals surface area contributed by atoms with Crippen molar-refractivity contribution in [1.29, 1.82) is 0 Å². The van der Waals surface area contributed by atoms with E-state index in [9.17, 15) is 0 Å². The highest BCUT2D eigenvalue weighted by Crippen LogP contribution is 2.20. The Labute approximate surface area is 131 Å². The van der Waals surface area contributed by atoms with Gasteiger partial charge >= 0.3 is 0 Å². The van der Waals surface area contributed by atoms with Crippen LogP contribution in [0.25, 0.3) is 0 Å². The van der Waals surface area contributed by atoms with Crippen molar-refractivity contribution in [2.45, 2.75) is 12.6 Å². The van der Waals surface area contributed by atoms with E-state index in [-0.39, 0.29) is 6.10 Å². The van der Waals surface area contributed by atoms with E-state index in [4.69, 9.17) is 16.3 Å². The van der Waals surface area contributed by atoms with Crippen LogP contribution in [0.4, 0.5) is 5.82 Å². The maximum absolute atomic E-state index is 6.04. The van der Waals surface area contributed by atoms with E-state index in [2.05, 4.69) is 30.0 Å². The normalized spacial score (nSPS) is 19.6. The Bertz CT molecular complexity index is 568. The Balaban J connectivity index is 1.50. The standard InChI is InChI=1S/C12H15ClN6OS/c13-12-10(16-18-21-12)8-19-4-5-20-9(7-19)6-14-11-2-1-3-15-17-11/h1-3,9H,4-8H2,(H,14,17)/t9-/m1/s1. The minimum atomic E-state index is 0.103. The second kappa shape index (κ2) is 7.08. The molecule has 1 saturated heterocycles. The third-order valence-corrected chi connectivity index (χ3v) is 4.17. The van der Waals surface area contributed by atoms with Crippen LogP contribution < -0.4 is 5.32 Å². The van der Waals surface area contributed by atoms with E-state index in [1.165, 1.54) is 11.5 Å². The summed E-state index contributed by atoms with van der Waals surface area (Å²) in [6, 6.07) is 3.73. The summed E-state index contributed by atoms with van der Waals surface area (Å²) in [5.74, 6) is 0.755. The lowest BCUT2D eigenvalue weighted by Crippen LogP contribution is -2.44. The highest BCUT2D eigenvalue weighted by atomic mass is 35.5. The molecule has 112 valence electrons. The lowest BCUT2D eigenvalue weighted by Gasteiger charge is -2.32. The molecular formula is C12H15ClN6OS. The van der Waals surface area contributed by atoms with Crippen LogP contribution in [0.15, 0.2) is 18.3 Å². The van der Waals surface area contributed by atoms with E-state index < -0.39 is 0 Å². The average Bonchev–Trinajstić information content (AvgIpc) is 2.92. The lowest BCUT2D eigenvalue weighted by atomic mass is 10.2. The zero-order valence-corrected chi connectivity index (χ0v) is 12.8. The van der Waals surface area contributed by atoms with Crippen molar-refractivity contribution in [3.05, 3.63) is 28.4 Å². The van der Waals surface area contributed by atoms with E-state index >= 15 is 0 Å². The SMILES string of the molecule is Clc1snnc1CN1CCO[C@H](CNc2cccnn2)C1. The Morgan fingerprint density at radius 1 is 1.48 bits per heavy atom. The van der Waals surface area contributed by atoms with Gasteiger partial charge in [-0.15, -0.1) is 10.2 Å². The van der Waals surface area contributed by atoms with Gasteiger partial charge in [0.1, 0.15) is 15.8 Å². The van der Waals surface area contributed by atoms with Crippen LogP contribution in [0.3, 0.4) is 0 Å². The molecule has 21 heavy (non-hydrogen) atoms. The Morgan fingerprint density at radius 2 is 2.43 bits per heavy atom. The number of morpholine rings is 1. The van der Waals surface area contributed by atoms with Crippen molar-refractivity contribution in [3.63, 3.8) is 0 Å². The molecule has 2 aromatic heterocycles. The van der Waals surface area contributed by atoms with Gasteiger partial charge in [0.2, 0.25) is 0 Å². The molecule has 3 rings (SSSR count). The van der Waals surface area contributed by atoms with Gasteiger partial charge in [0.15, 0.2) is 0 Å². The molecular weight excluding hydrogens is 312 g/mol. The van der Waals surface area contributed by atoms with Crippen LogP contribution in [-0.2, 0) is 11.3 Å². The summed E-state index contributed by atoms with van der Waals surface area (Å²) in [5.41, 5.74) is 0.837. The van der Waals surface area contributed by atoms with Crippen molar-refractivity contribution in [2.75, 3.05) is 31.6 Å². The molecule has 0 radical (unpaired) electrons. The summed E-state index contributed by atoms with van der Waals surface area (Å²) < 4.78 is 10.3. The maximum atomic E-state index is 6.04. The van der Waals surface area contributed by atoms with Crippen LogP contribution in [-0.4, -0.2) is 57.0 Å². The van der Waals surface area contributed by atoms with Crippen LogP contribution in [0.1, 0.15) is 5.69 Å². The van der Waals surface area contributed by atoms with Crippen molar-refractivity contribution < 1.29 is 4.74 Å². The first-order valence-electron chi connectivity index (χ1n) is 6.63. The minimum Gasteiger partial charge on any atom is -0.374 e. The summed E-state index contributed by atoms with van der Waals surface area (Å²) in [5, 5.41) is 15.1. The smallest absolute Gasteiger partial charge is 0.148 e. The summed E-state index contributed by atoms with van der Waals surface area (Å²) in [4.78, 5) is 2.27. The monoisotopic (exact) mass is 326 g/mol. The fourth-order valence-electron chi connectivity index (χ4n) is 2.16. The Hall–Kier alpha value is -1.35. The number of nitrogens with zero attached hydrogens (tertiary/aromatic N) is 5. The molecule has 1 aliphatic rings. The third-order valence-electron chi connectivity index (χ3n) is 3.19. The number of hydrogen-bond acceptors (Lipinski definition) is 8. The van der Waals surface area contributed by atoms with Crippen molar-refractivity contribution >= 4 is 29.0 Å². The number of nitrogens with one attached hydrogen (secondary N) is 1. The highest BCUT2D eigenvalue weighted by molar-refractivity contribution is 7.10. The topological polar surface area (TPSA) is 76.1 Å². The van der Waals surface area contributed by atoms with E-state index in [0.717, 1.165) is 24.6 Å². The molecule has 2 aromatic rings. The molecule has 9 heteroatoms. The molecule has 3 heterocycles. The number of aromatic nitrogens is 4. The van der Waals surface area contributed by atoms with Gasteiger partial charge in [-0.25, -0.2) is 0 Å². The minimum absolute atomic E-state index is 0.103. The highest BCUT2D eigenvalue weighted by Gasteiger charge is 2.22. The molecule has 0 saturated carbocycles. The molecule has 1 aliphatic heterocycles. The van der Waals surface area contributed by atoms with Gasteiger partial charge in [-0.05, 0) is 12.1 Å². The average molecular weight is 327 g/mol. The molecule has 7 nitrogen and oxygen atoms in total. The zero-order chi connectivity index (χ0) is 14.5. The van der Waals surface area contributed by atoms with Gasteiger partial charge in [-0.2, -0.15) is 5.10 Å². The van der Waals surface area contributed by atoms with Crippen LogP contribution in [0, 0.1) is 0 Å². The Kier molecular flexibility index (Phi) is 4.91. The molecule has 1 N–H and O–H groups in total. The van der Waals surface area contributed by atoms with Crippen LogP contribution in [0.5, 0.6) is 0 Å². The molecule has 0 bridgehead atoms. The maximum Gasteiger partial charge on any atom is 0.148 e. The predicted octanol–water partition coefficient (Wildman–Crippen LogP) is 1.29. The van der Waals surface area contributed by atoms with Crippen LogP contribution >= 0.6 is 23.1 Å². The molecule has 0 unspecified atom stereocenters. The van der Waals surface area contributed by atoms with E-state index in [1.807, 2.05) is 12.1 Å². The van der Waals surface area contributed by atoms with Crippen molar-refractivity contribution in [3.8, 4) is 0 Å². The van der Waals surface area contributed by atoms with Gasteiger partial charge < -0.3 is 10.1 Å². The predicted molar refractivity (Wildman–Crippen MR) is 80.5 cm³/mol.